The number of nitrogens with zero attached hydrogens (tertiary/aromatic N) is 2. The molecule has 148 valence electrons. The fourth-order valence-electron chi connectivity index (χ4n) is 2.99. The van der Waals surface area contributed by atoms with Crippen molar-refractivity contribution >= 4 is 29.2 Å². The van der Waals surface area contributed by atoms with Gasteiger partial charge in [0.05, 0.1) is 10.7 Å². The maximum atomic E-state index is 12.2. The molecule has 0 atom stereocenters. The number of aromatic carboxylic acids is 1. The molecule has 0 aliphatic heterocycles. The molecule has 1 N–H and O–H groups in total. The molecule has 3 rings (SSSR count). The third-order valence-corrected chi connectivity index (χ3v) is 4.81. The summed E-state index contributed by atoms with van der Waals surface area (Å²) in [5.74, 6) is 4.95. The summed E-state index contributed by atoms with van der Waals surface area (Å²) < 4.78 is 14.0. The number of carbonyl (C=O) groups is 1. The molecule has 0 unspecified atom stereocenters. The molecule has 0 aliphatic rings. The summed E-state index contributed by atoms with van der Waals surface area (Å²) in [5.41, 5.74) is 2.56. The molecule has 29 heavy (non-hydrogen) atoms. The van der Waals surface area contributed by atoms with E-state index in [4.69, 9.17) is 23.2 Å². The maximum absolute atomic E-state index is 12.2. The van der Waals surface area contributed by atoms with Gasteiger partial charge in [0, 0.05) is 28.3 Å². The number of benzene rings is 2. The Bertz CT molecular complexity index is 1110. The third-order valence-electron chi connectivity index (χ3n) is 4.26. The second-order valence-corrected chi connectivity index (χ2v) is 6.98. The van der Waals surface area contributed by atoms with Crippen LogP contribution in [-0.2, 0) is 6.42 Å². The summed E-state index contributed by atoms with van der Waals surface area (Å²) in [4.78, 5) is 16.1. The monoisotopic (exact) mass is 430 g/mol. The van der Waals surface area contributed by atoms with Gasteiger partial charge in [-0.1, -0.05) is 42.0 Å². The Hall–Kier alpha value is -2.81. The van der Waals surface area contributed by atoms with Crippen molar-refractivity contribution in [1.29, 1.82) is 0 Å². The molecule has 0 fully saturated rings. The predicted molar refractivity (Wildman–Crippen MR) is 113 cm³/mol. The highest BCUT2D eigenvalue weighted by Gasteiger charge is 2.24. The van der Waals surface area contributed by atoms with Crippen molar-refractivity contribution in [3.8, 4) is 28.9 Å². The average Bonchev–Trinajstić information content (AvgIpc) is 3.08. The number of carboxylic acid groups (broad SMARTS) is 1. The van der Waals surface area contributed by atoms with Gasteiger partial charge in [-0.05, 0) is 48.9 Å². The number of rotatable bonds is 5. The number of halogens is 3. The first-order chi connectivity index (χ1) is 14.0. The van der Waals surface area contributed by atoms with Crippen molar-refractivity contribution in [2.75, 3.05) is 6.67 Å². The third kappa shape index (κ3) is 4.45. The molecular weight excluding hydrogens is 414 g/mol. The van der Waals surface area contributed by atoms with Crippen LogP contribution >= 0.6 is 23.2 Å². The highest BCUT2D eigenvalue weighted by Crippen LogP contribution is 2.33. The average molecular weight is 431 g/mol. The number of hydrogen-bond acceptors (Lipinski definition) is 2. The zero-order valence-corrected chi connectivity index (χ0v) is 17.1. The van der Waals surface area contributed by atoms with Gasteiger partial charge in [0.15, 0.2) is 5.69 Å². The lowest BCUT2D eigenvalue weighted by atomic mass is 10.1. The lowest BCUT2D eigenvalue weighted by Crippen LogP contribution is -2.06. The molecule has 0 aliphatic carbocycles. The molecule has 0 bridgehead atoms. The predicted octanol–water partition coefficient (Wildman–Crippen LogP) is 5.82. The van der Waals surface area contributed by atoms with Gasteiger partial charge >= 0.3 is 5.97 Å². The molecule has 0 spiro atoms. The van der Waals surface area contributed by atoms with Gasteiger partial charge < -0.3 is 5.11 Å². The highest BCUT2D eigenvalue weighted by molar-refractivity contribution is 6.36. The van der Waals surface area contributed by atoms with Crippen molar-refractivity contribution in [1.82, 2.24) is 9.55 Å². The van der Waals surface area contributed by atoms with Gasteiger partial charge in [-0.3, -0.25) is 8.96 Å². The van der Waals surface area contributed by atoms with E-state index in [1.54, 1.807) is 34.9 Å². The first-order valence-corrected chi connectivity index (χ1v) is 9.67. The van der Waals surface area contributed by atoms with Crippen LogP contribution in [0.15, 0.2) is 42.5 Å². The Morgan fingerprint density at radius 2 is 1.93 bits per heavy atom. The number of imidazole rings is 1. The Morgan fingerprint density at radius 3 is 2.52 bits per heavy atom. The van der Waals surface area contributed by atoms with E-state index in [1.807, 2.05) is 19.1 Å². The standard InChI is InChI=1S/C22H17Cl2FN2O2/c1-2-19-20(22(28)29)26-21(17-11-8-15(23)13-18(17)24)27(19)16-9-6-14(7-10-16)5-3-4-12-25/h6-11,13H,2,4,12H2,1H3,(H,28,29). The fraction of sp³-hybridized carbons (Fsp3) is 0.182. The van der Waals surface area contributed by atoms with E-state index in [0.29, 0.717) is 33.5 Å². The summed E-state index contributed by atoms with van der Waals surface area (Å²) >= 11 is 12.4. The summed E-state index contributed by atoms with van der Waals surface area (Å²) in [5, 5.41) is 10.5. The minimum Gasteiger partial charge on any atom is -0.476 e. The van der Waals surface area contributed by atoms with Crippen molar-refractivity contribution in [2.45, 2.75) is 19.8 Å². The molecule has 4 nitrogen and oxygen atoms in total. The second-order valence-electron chi connectivity index (χ2n) is 6.14. The summed E-state index contributed by atoms with van der Waals surface area (Å²) in [6, 6.07) is 12.2. The lowest BCUT2D eigenvalue weighted by Gasteiger charge is -2.13. The molecule has 7 heteroatoms. The summed E-state index contributed by atoms with van der Waals surface area (Å²) in [6.07, 6.45) is 0.641. The molecule has 2 aromatic carbocycles. The van der Waals surface area contributed by atoms with Gasteiger partial charge in [0.2, 0.25) is 0 Å². The van der Waals surface area contributed by atoms with Gasteiger partial charge in [0.25, 0.3) is 0 Å². The van der Waals surface area contributed by atoms with E-state index >= 15 is 0 Å². The molecular formula is C22H17Cl2FN2O2. The van der Waals surface area contributed by atoms with E-state index in [9.17, 15) is 14.3 Å². The summed E-state index contributed by atoms with van der Waals surface area (Å²) in [6.45, 7) is 1.38. The van der Waals surface area contributed by atoms with E-state index < -0.39 is 12.6 Å². The van der Waals surface area contributed by atoms with Crippen LogP contribution in [0.25, 0.3) is 17.1 Å². The van der Waals surface area contributed by atoms with Crippen LogP contribution in [0.4, 0.5) is 4.39 Å². The largest absolute Gasteiger partial charge is 0.476 e. The van der Waals surface area contributed by atoms with Crippen LogP contribution in [0.1, 0.15) is 35.1 Å². The Kier molecular flexibility index (Phi) is 6.58. The van der Waals surface area contributed by atoms with E-state index in [-0.39, 0.29) is 12.1 Å². The van der Waals surface area contributed by atoms with Crippen molar-refractivity contribution in [2.24, 2.45) is 0 Å². The zero-order valence-electron chi connectivity index (χ0n) is 15.5. The van der Waals surface area contributed by atoms with Gasteiger partial charge in [0.1, 0.15) is 12.5 Å². The number of alkyl halides is 1. The van der Waals surface area contributed by atoms with Crippen LogP contribution in [0, 0.1) is 11.8 Å². The Balaban J connectivity index is 2.19. The normalized spacial score (nSPS) is 10.5. The van der Waals surface area contributed by atoms with Gasteiger partial charge in [-0.15, -0.1) is 0 Å². The second kappa shape index (κ2) is 9.13. The lowest BCUT2D eigenvalue weighted by molar-refractivity contribution is 0.0690. The van der Waals surface area contributed by atoms with Crippen molar-refractivity contribution < 1.29 is 14.3 Å². The van der Waals surface area contributed by atoms with Crippen LogP contribution < -0.4 is 0 Å². The quantitative estimate of drug-likeness (QED) is 0.518. The number of aromatic nitrogens is 2. The minimum atomic E-state index is -1.11. The molecule has 0 saturated carbocycles. The molecule has 0 radical (unpaired) electrons. The zero-order chi connectivity index (χ0) is 21.0. The molecule has 0 amide bonds. The van der Waals surface area contributed by atoms with Crippen molar-refractivity contribution in [3.05, 3.63) is 69.5 Å². The molecule has 3 aromatic rings. The first kappa shape index (κ1) is 20.9. The number of hydrogen-bond donors (Lipinski definition) is 1. The van der Waals surface area contributed by atoms with E-state index in [0.717, 1.165) is 11.3 Å². The Labute approximate surface area is 177 Å². The highest BCUT2D eigenvalue weighted by atomic mass is 35.5. The van der Waals surface area contributed by atoms with Crippen LogP contribution in [0.2, 0.25) is 10.0 Å². The fourth-order valence-corrected chi connectivity index (χ4v) is 3.48. The smallest absolute Gasteiger partial charge is 0.356 e. The number of carboxylic acids is 1. The molecule has 1 aromatic heterocycles. The van der Waals surface area contributed by atoms with E-state index in [2.05, 4.69) is 16.8 Å². The summed E-state index contributed by atoms with van der Waals surface area (Å²) in [7, 11) is 0. The molecule has 0 saturated heterocycles. The minimum absolute atomic E-state index is 0.0275. The van der Waals surface area contributed by atoms with Crippen LogP contribution in [0.3, 0.4) is 0 Å². The first-order valence-electron chi connectivity index (χ1n) is 8.91. The van der Waals surface area contributed by atoms with Gasteiger partial charge in [-0.25, -0.2) is 9.78 Å². The van der Waals surface area contributed by atoms with Gasteiger partial charge in [-0.2, -0.15) is 0 Å². The van der Waals surface area contributed by atoms with Crippen molar-refractivity contribution in [3.63, 3.8) is 0 Å². The SMILES string of the molecule is CCc1c(C(=O)O)nc(-c2ccc(Cl)cc2Cl)n1-c1ccc(C#CCCF)cc1. The molecule has 1 heterocycles. The maximum Gasteiger partial charge on any atom is 0.356 e. The van der Waals surface area contributed by atoms with E-state index in [1.165, 1.54) is 0 Å². The van der Waals surface area contributed by atoms with Crippen LogP contribution in [-0.4, -0.2) is 27.3 Å². The van der Waals surface area contributed by atoms with Crippen LogP contribution in [0.5, 0.6) is 0 Å². The topological polar surface area (TPSA) is 55.1 Å². The Morgan fingerprint density at radius 1 is 1.21 bits per heavy atom.